The highest BCUT2D eigenvalue weighted by molar-refractivity contribution is 5.36. The van der Waals surface area contributed by atoms with E-state index in [1.165, 1.54) is 0 Å². The predicted octanol–water partition coefficient (Wildman–Crippen LogP) is 0.629. The zero-order valence-corrected chi connectivity index (χ0v) is 11.4. The van der Waals surface area contributed by atoms with Gasteiger partial charge in [-0.25, -0.2) is 0 Å². The van der Waals surface area contributed by atoms with E-state index < -0.39 is 0 Å². The molecule has 0 radical (unpaired) electrons. The maximum absolute atomic E-state index is 4.46. The number of aromatic nitrogens is 2. The van der Waals surface area contributed by atoms with Gasteiger partial charge in [-0.15, -0.1) is 0 Å². The fraction of sp³-hybridized carbons (Fsp3) is 0.643. The molecule has 0 unspecified atom stereocenters. The summed E-state index contributed by atoms with van der Waals surface area (Å²) in [5.41, 5.74) is 2.22. The lowest BCUT2D eigenvalue weighted by molar-refractivity contribution is 0.268. The van der Waals surface area contributed by atoms with Gasteiger partial charge in [0.25, 0.3) is 0 Å². The highest BCUT2D eigenvalue weighted by atomic mass is 15.2. The van der Waals surface area contributed by atoms with Crippen molar-refractivity contribution in [3.05, 3.63) is 17.5 Å². The van der Waals surface area contributed by atoms with Crippen LogP contribution in [0.5, 0.6) is 0 Å². The predicted molar refractivity (Wildman–Crippen MR) is 73.4 cm³/mol. The number of piperazine rings is 1. The molecule has 0 saturated carbocycles. The standard InChI is InChI=1S/C14H22N4/c1-3-5-14-13(12-17(2)16-14)6-4-9-18-10-7-15-8-11-18/h12,15H,3,5,7-11H2,1-2H3. The van der Waals surface area contributed by atoms with Gasteiger partial charge in [0, 0.05) is 39.4 Å². The van der Waals surface area contributed by atoms with Crippen LogP contribution < -0.4 is 5.32 Å². The number of aryl methyl sites for hydroxylation is 2. The summed E-state index contributed by atoms with van der Waals surface area (Å²) in [6.45, 7) is 7.40. The Morgan fingerprint density at radius 1 is 1.39 bits per heavy atom. The zero-order chi connectivity index (χ0) is 12.8. The minimum atomic E-state index is 0.863. The molecule has 0 amide bonds. The van der Waals surface area contributed by atoms with Gasteiger partial charge in [0.2, 0.25) is 0 Å². The Bertz CT molecular complexity index is 432. The molecule has 1 fully saturated rings. The second kappa shape index (κ2) is 6.58. The van der Waals surface area contributed by atoms with Crippen LogP contribution >= 0.6 is 0 Å². The first-order valence-electron chi connectivity index (χ1n) is 6.74. The molecule has 4 nitrogen and oxygen atoms in total. The van der Waals surface area contributed by atoms with Crippen molar-refractivity contribution < 1.29 is 0 Å². The first-order valence-corrected chi connectivity index (χ1v) is 6.74. The van der Waals surface area contributed by atoms with Crippen molar-refractivity contribution in [2.75, 3.05) is 32.7 Å². The molecule has 1 saturated heterocycles. The lowest BCUT2D eigenvalue weighted by Gasteiger charge is -2.24. The van der Waals surface area contributed by atoms with Crippen molar-refractivity contribution in [1.82, 2.24) is 20.0 Å². The molecule has 2 heterocycles. The molecule has 0 aliphatic carbocycles. The Kier molecular flexibility index (Phi) is 4.80. The minimum Gasteiger partial charge on any atom is -0.314 e. The highest BCUT2D eigenvalue weighted by Crippen LogP contribution is 2.07. The monoisotopic (exact) mass is 246 g/mol. The highest BCUT2D eigenvalue weighted by Gasteiger charge is 2.07. The first kappa shape index (κ1) is 13.1. The lowest BCUT2D eigenvalue weighted by atomic mass is 10.2. The molecule has 0 spiro atoms. The fourth-order valence-electron chi connectivity index (χ4n) is 2.18. The molecule has 0 atom stereocenters. The Morgan fingerprint density at radius 3 is 2.89 bits per heavy atom. The van der Waals surface area contributed by atoms with E-state index >= 15 is 0 Å². The van der Waals surface area contributed by atoms with Gasteiger partial charge in [-0.3, -0.25) is 9.58 Å². The van der Waals surface area contributed by atoms with Crippen molar-refractivity contribution >= 4 is 0 Å². The van der Waals surface area contributed by atoms with Crippen LogP contribution in [0.2, 0.25) is 0 Å². The van der Waals surface area contributed by atoms with Gasteiger partial charge < -0.3 is 5.32 Å². The topological polar surface area (TPSA) is 33.1 Å². The maximum atomic E-state index is 4.46. The van der Waals surface area contributed by atoms with Crippen molar-refractivity contribution in [3.8, 4) is 11.8 Å². The van der Waals surface area contributed by atoms with Crippen molar-refractivity contribution in [2.24, 2.45) is 7.05 Å². The number of rotatable bonds is 3. The van der Waals surface area contributed by atoms with Gasteiger partial charge in [0.1, 0.15) is 0 Å². The van der Waals surface area contributed by atoms with Crippen LogP contribution in [0.25, 0.3) is 0 Å². The van der Waals surface area contributed by atoms with Crippen LogP contribution in [0.1, 0.15) is 24.6 Å². The molecule has 2 rings (SSSR count). The molecule has 1 aliphatic rings. The summed E-state index contributed by atoms with van der Waals surface area (Å²) in [5, 5.41) is 7.81. The average Bonchev–Trinajstić information content (AvgIpc) is 2.72. The van der Waals surface area contributed by atoms with E-state index in [2.05, 4.69) is 34.1 Å². The van der Waals surface area contributed by atoms with Gasteiger partial charge in [-0.1, -0.05) is 25.2 Å². The summed E-state index contributed by atoms with van der Waals surface area (Å²) in [7, 11) is 1.96. The summed E-state index contributed by atoms with van der Waals surface area (Å²) in [6, 6.07) is 0. The first-order chi connectivity index (χ1) is 8.79. The number of nitrogens with zero attached hydrogens (tertiary/aromatic N) is 3. The van der Waals surface area contributed by atoms with Crippen molar-refractivity contribution in [3.63, 3.8) is 0 Å². The summed E-state index contributed by atoms with van der Waals surface area (Å²) in [6.07, 6.45) is 4.15. The summed E-state index contributed by atoms with van der Waals surface area (Å²) >= 11 is 0. The normalized spacial score (nSPS) is 16.3. The number of hydrogen-bond donors (Lipinski definition) is 1. The molecule has 4 heteroatoms. The van der Waals surface area contributed by atoms with Crippen LogP contribution in [-0.4, -0.2) is 47.4 Å². The Morgan fingerprint density at radius 2 is 2.17 bits per heavy atom. The molecule has 1 aromatic rings. The van der Waals surface area contributed by atoms with Crippen LogP contribution in [0.3, 0.4) is 0 Å². The quantitative estimate of drug-likeness (QED) is 0.794. The maximum Gasteiger partial charge on any atom is 0.0780 e. The summed E-state index contributed by atoms with van der Waals surface area (Å²) in [5.74, 6) is 6.55. The molecular weight excluding hydrogens is 224 g/mol. The van der Waals surface area contributed by atoms with E-state index in [0.29, 0.717) is 0 Å². The number of hydrogen-bond acceptors (Lipinski definition) is 3. The van der Waals surface area contributed by atoms with E-state index in [4.69, 9.17) is 0 Å². The van der Waals surface area contributed by atoms with E-state index in [1.54, 1.807) is 0 Å². The molecule has 1 aliphatic heterocycles. The third kappa shape index (κ3) is 3.59. The zero-order valence-electron chi connectivity index (χ0n) is 11.4. The van der Waals surface area contributed by atoms with Crippen molar-refractivity contribution in [1.29, 1.82) is 0 Å². The molecule has 18 heavy (non-hydrogen) atoms. The van der Waals surface area contributed by atoms with Crippen LogP contribution in [0.4, 0.5) is 0 Å². The largest absolute Gasteiger partial charge is 0.314 e. The van der Waals surface area contributed by atoms with E-state index in [1.807, 2.05) is 17.9 Å². The minimum absolute atomic E-state index is 0.863. The molecule has 1 N–H and O–H groups in total. The summed E-state index contributed by atoms with van der Waals surface area (Å²) in [4.78, 5) is 2.39. The smallest absolute Gasteiger partial charge is 0.0780 e. The molecule has 1 aromatic heterocycles. The van der Waals surface area contributed by atoms with Gasteiger partial charge in [-0.05, 0) is 6.42 Å². The lowest BCUT2D eigenvalue weighted by Crippen LogP contribution is -2.43. The van der Waals surface area contributed by atoms with E-state index in [-0.39, 0.29) is 0 Å². The fourth-order valence-corrected chi connectivity index (χ4v) is 2.18. The van der Waals surface area contributed by atoms with E-state index in [9.17, 15) is 0 Å². The molecule has 0 aromatic carbocycles. The van der Waals surface area contributed by atoms with Gasteiger partial charge in [-0.2, -0.15) is 5.10 Å². The summed E-state index contributed by atoms with van der Waals surface area (Å²) < 4.78 is 1.86. The second-order valence-corrected chi connectivity index (χ2v) is 4.74. The Labute approximate surface area is 109 Å². The Balaban J connectivity index is 1.95. The third-order valence-corrected chi connectivity index (χ3v) is 3.13. The average molecular weight is 246 g/mol. The van der Waals surface area contributed by atoms with Gasteiger partial charge in [0.05, 0.1) is 17.8 Å². The second-order valence-electron chi connectivity index (χ2n) is 4.74. The number of nitrogens with one attached hydrogen (secondary N) is 1. The molecule has 98 valence electrons. The Hall–Kier alpha value is -1.31. The van der Waals surface area contributed by atoms with E-state index in [0.717, 1.165) is 56.8 Å². The SMILES string of the molecule is CCCc1nn(C)cc1C#CCN1CCNCC1. The van der Waals surface area contributed by atoms with Crippen LogP contribution in [-0.2, 0) is 13.5 Å². The third-order valence-electron chi connectivity index (χ3n) is 3.13. The van der Waals surface area contributed by atoms with Gasteiger partial charge >= 0.3 is 0 Å². The van der Waals surface area contributed by atoms with Crippen molar-refractivity contribution in [2.45, 2.75) is 19.8 Å². The van der Waals surface area contributed by atoms with Gasteiger partial charge in [0.15, 0.2) is 0 Å². The van der Waals surface area contributed by atoms with Crippen LogP contribution in [0, 0.1) is 11.8 Å². The molecular formula is C14H22N4. The van der Waals surface area contributed by atoms with Crippen LogP contribution in [0.15, 0.2) is 6.20 Å². The molecule has 0 bridgehead atoms.